The Hall–Kier alpha value is -2.54. The Balaban J connectivity index is 2.04. The van der Waals surface area contributed by atoms with Gasteiger partial charge < -0.3 is 0 Å². The van der Waals surface area contributed by atoms with Crippen molar-refractivity contribution in [3.05, 3.63) is 80.2 Å². The number of halogens is 3. The SMILES string of the molecule is O=[N+]([O-])c1ccc(/C=C2\SC(C(F)(F)F)=Cc3ccccc32)cc1. The summed E-state index contributed by atoms with van der Waals surface area (Å²) in [6.07, 6.45) is -1.69. The molecular formula is C17H10F3NO2S. The Morgan fingerprint density at radius 3 is 2.33 bits per heavy atom. The molecule has 24 heavy (non-hydrogen) atoms. The Kier molecular flexibility index (Phi) is 4.19. The van der Waals surface area contributed by atoms with Gasteiger partial charge >= 0.3 is 6.18 Å². The average molecular weight is 349 g/mol. The van der Waals surface area contributed by atoms with E-state index in [4.69, 9.17) is 0 Å². The van der Waals surface area contributed by atoms with E-state index in [-0.39, 0.29) is 5.69 Å². The Morgan fingerprint density at radius 1 is 1.04 bits per heavy atom. The van der Waals surface area contributed by atoms with E-state index < -0.39 is 16.0 Å². The van der Waals surface area contributed by atoms with Crippen molar-refractivity contribution >= 4 is 34.5 Å². The lowest BCUT2D eigenvalue weighted by atomic mass is 10.0. The van der Waals surface area contributed by atoms with Crippen molar-refractivity contribution < 1.29 is 18.1 Å². The highest BCUT2D eigenvalue weighted by atomic mass is 32.2. The number of nitro benzene ring substituents is 1. The zero-order valence-electron chi connectivity index (χ0n) is 12.1. The predicted molar refractivity (Wildman–Crippen MR) is 89.0 cm³/mol. The first kappa shape index (κ1) is 16.3. The quantitative estimate of drug-likeness (QED) is 0.513. The number of non-ortho nitro benzene ring substituents is 1. The maximum atomic E-state index is 13.1. The van der Waals surface area contributed by atoms with E-state index in [1.165, 1.54) is 24.3 Å². The van der Waals surface area contributed by atoms with E-state index in [1.807, 2.05) is 0 Å². The molecule has 3 nitrogen and oxygen atoms in total. The van der Waals surface area contributed by atoms with Crippen LogP contribution in [0.4, 0.5) is 18.9 Å². The number of fused-ring (bicyclic) bond motifs is 1. The summed E-state index contributed by atoms with van der Waals surface area (Å²) in [6.45, 7) is 0. The number of benzene rings is 2. The van der Waals surface area contributed by atoms with Crippen molar-refractivity contribution in [3.63, 3.8) is 0 Å². The fraction of sp³-hybridized carbons (Fsp3) is 0.0588. The molecule has 0 saturated carbocycles. The van der Waals surface area contributed by atoms with Crippen molar-refractivity contribution in [1.29, 1.82) is 0 Å². The largest absolute Gasteiger partial charge is 0.422 e. The van der Waals surface area contributed by atoms with Crippen LogP contribution in [0.5, 0.6) is 0 Å². The van der Waals surface area contributed by atoms with Gasteiger partial charge in [-0.15, -0.1) is 0 Å². The number of thioether (sulfide) groups is 1. The van der Waals surface area contributed by atoms with Gasteiger partial charge in [-0.05, 0) is 41.0 Å². The molecule has 0 aromatic heterocycles. The van der Waals surface area contributed by atoms with Gasteiger partial charge in [-0.2, -0.15) is 13.2 Å². The molecule has 0 amide bonds. The Labute approximate surface area is 139 Å². The predicted octanol–water partition coefficient (Wildman–Crippen LogP) is 5.74. The zero-order chi connectivity index (χ0) is 17.3. The number of allylic oxidation sites excluding steroid dienone is 1. The zero-order valence-corrected chi connectivity index (χ0v) is 12.9. The number of rotatable bonds is 2. The number of hydrogen-bond acceptors (Lipinski definition) is 3. The van der Waals surface area contributed by atoms with Crippen LogP contribution in [0.25, 0.3) is 17.1 Å². The fourth-order valence-electron chi connectivity index (χ4n) is 2.28. The van der Waals surface area contributed by atoms with E-state index in [9.17, 15) is 23.3 Å². The molecular weight excluding hydrogens is 339 g/mol. The maximum absolute atomic E-state index is 13.1. The maximum Gasteiger partial charge on any atom is 0.422 e. The molecule has 0 aliphatic carbocycles. The Bertz CT molecular complexity index is 855. The lowest BCUT2D eigenvalue weighted by Crippen LogP contribution is -2.11. The normalized spacial score (nSPS) is 15.8. The summed E-state index contributed by atoms with van der Waals surface area (Å²) in [5.74, 6) is 0. The minimum absolute atomic E-state index is 0.0651. The number of nitrogens with zero attached hydrogens (tertiary/aromatic N) is 1. The standard InChI is InChI=1S/C17H10F3NO2S/c18-17(19,20)16-10-12-3-1-2-4-14(12)15(24-16)9-11-5-7-13(8-6-11)21(22)23/h1-10H/b15-9-. The monoisotopic (exact) mass is 349 g/mol. The van der Waals surface area contributed by atoms with Crippen molar-refractivity contribution in [3.8, 4) is 0 Å². The molecule has 0 fully saturated rings. The van der Waals surface area contributed by atoms with E-state index in [2.05, 4.69) is 0 Å². The highest BCUT2D eigenvalue weighted by Gasteiger charge is 2.37. The minimum atomic E-state index is -4.42. The summed E-state index contributed by atoms with van der Waals surface area (Å²) in [5.41, 5.74) is 1.73. The summed E-state index contributed by atoms with van der Waals surface area (Å²) in [7, 11) is 0. The third-order valence-electron chi connectivity index (χ3n) is 3.41. The van der Waals surface area contributed by atoms with Gasteiger partial charge in [0, 0.05) is 17.0 Å². The van der Waals surface area contributed by atoms with E-state index in [0.717, 1.165) is 6.08 Å². The summed E-state index contributed by atoms with van der Waals surface area (Å²) >= 11 is 0.650. The van der Waals surface area contributed by atoms with Crippen LogP contribution in [0.2, 0.25) is 0 Å². The van der Waals surface area contributed by atoms with Crippen LogP contribution in [0.3, 0.4) is 0 Å². The summed E-state index contributed by atoms with van der Waals surface area (Å²) in [4.78, 5) is 9.92. The van der Waals surface area contributed by atoms with Crippen LogP contribution in [0.1, 0.15) is 16.7 Å². The van der Waals surface area contributed by atoms with Crippen LogP contribution in [-0.4, -0.2) is 11.1 Å². The van der Waals surface area contributed by atoms with Crippen LogP contribution in [0.15, 0.2) is 53.4 Å². The van der Waals surface area contributed by atoms with Gasteiger partial charge in [-0.25, -0.2) is 0 Å². The number of alkyl halides is 3. The number of nitro groups is 1. The van der Waals surface area contributed by atoms with E-state index >= 15 is 0 Å². The lowest BCUT2D eigenvalue weighted by molar-refractivity contribution is -0.384. The third kappa shape index (κ3) is 3.35. The van der Waals surface area contributed by atoms with Crippen molar-refractivity contribution in [2.75, 3.05) is 0 Å². The smallest absolute Gasteiger partial charge is 0.258 e. The first-order chi connectivity index (χ1) is 11.3. The molecule has 0 saturated heterocycles. The summed E-state index contributed by atoms with van der Waals surface area (Å²) in [6, 6.07) is 12.5. The van der Waals surface area contributed by atoms with Crippen LogP contribution < -0.4 is 0 Å². The third-order valence-corrected chi connectivity index (χ3v) is 4.54. The minimum Gasteiger partial charge on any atom is -0.258 e. The lowest BCUT2D eigenvalue weighted by Gasteiger charge is -2.20. The molecule has 122 valence electrons. The van der Waals surface area contributed by atoms with Gasteiger partial charge in [0.1, 0.15) is 0 Å². The summed E-state index contributed by atoms with van der Waals surface area (Å²) in [5, 5.41) is 10.7. The molecule has 0 N–H and O–H groups in total. The molecule has 0 spiro atoms. The molecule has 0 radical (unpaired) electrons. The second-order valence-corrected chi connectivity index (χ2v) is 6.14. The molecule has 0 unspecified atom stereocenters. The van der Waals surface area contributed by atoms with Crippen molar-refractivity contribution in [2.45, 2.75) is 6.18 Å². The second kappa shape index (κ2) is 6.16. The second-order valence-electron chi connectivity index (χ2n) is 5.05. The average Bonchev–Trinajstić information content (AvgIpc) is 2.54. The summed E-state index contributed by atoms with van der Waals surface area (Å²) < 4.78 is 39.3. The fourth-order valence-corrected chi connectivity index (χ4v) is 3.31. The van der Waals surface area contributed by atoms with Crippen LogP contribution in [-0.2, 0) is 0 Å². The first-order valence-corrected chi connectivity index (χ1v) is 7.68. The Morgan fingerprint density at radius 2 is 1.71 bits per heavy atom. The molecule has 0 atom stereocenters. The van der Waals surface area contributed by atoms with Gasteiger partial charge in [0.05, 0.1) is 9.83 Å². The highest BCUT2D eigenvalue weighted by Crippen LogP contribution is 2.48. The van der Waals surface area contributed by atoms with Crippen LogP contribution in [0, 0.1) is 10.1 Å². The van der Waals surface area contributed by atoms with Gasteiger partial charge in [-0.3, -0.25) is 10.1 Å². The molecule has 1 aliphatic rings. The van der Waals surface area contributed by atoms with E-state index in [0.29, 0.717) is 33.4 Å². The van der Waals surface area contributed by atoms with Gasteiger partial charge in [0.15, 0.2) is 0 Å². The van der Waals surface area contributed by atoms with Gasteiger partial charge in [0.25, 0.3) is 5.69 Å². The number of hydrogen-bond donors (Lipinski definition) is 0. The van der Waals surface area contributed by atoms with Crippen LogP contribution >= 0.6 is 11.8 Å². The highest BCUT2D eigenvalue weighted by molar-refractivity contribution is 8.12. The molecule has 2 aromatic carbocycles. The van der Waals surface area contributed by atoms with Crippen molar-refractivity contribution in [1.82, 2.24) is 0 Å². The molecule has 7 heteroatoms. The molecule has 1 aliphatic heterocycles. The van der Waals surface area contributed by atoms with Crippen molar-refractivity contribution in [2.24, 2.45) is 0 Å². The molecule has 0 bridgehead atoms. The first-order valence-electron chi connectivity index (χ1n) is 6.87. The molecule has 2 aromatic rings. The molecule has 1 heterocycles. The van der Waals surface area contributed by atoms with E-state index in [1.54, 1.807) is 30.3 Å². The topological polar surface area (TPSA) is 43.1 Å². The van der Waals surface area contributed by atoms with Gasteiger partial charge in [0.2, 0.25) is 0 Å². The van der Waals surface area contributed by atoms with Gasteiger partial charge in [-0.1, -0.05) is 36.0 Å². The molecule has 3 rings (SSSR count).